The number of carbonyl (C=O) groups excluding carboxylic acids is 1. The van der Waals surface area contributed by atoms with Crippen molar-refractivity contribution in [1.82, 2.24) is 9.88 Å². The third kappa shape index (κ3) is 5.22. The number of nitrogens with zero attached hydrogens (tertiary/aromatic N) is 3. The monoisotopic (exact) mass is 486 g/mol. The van der Waals surface area contributed by atoms with E-state index in [-0.39, 0.29) is 11.3 Å². The van der Waals surface area contributed by atoms with Crippen molar-refractivity contribution in [3.8, 4) is 11.3 Å². The van der Waals surface area contributed by atoms with Crippen LogP contribution < -0.4 is 5.32 Å². The van der Waals surface area contributed by atoms with Gasteiger partial charge in [-0.05, 0) is 42.0 Å². The number of anilines is 1. The lowest BCUT2D eigenvalue weighted by atomic mass is 10.0. The van der Waals surface area contributed by atoms with Crippen molar-refractivity contribution in [3.63, 3.8) is 0 Å². The van der Waals surface area contributed by atoms with Gasteiger partial charge < -0.3 is 10.1 Å². The van der Waals surface area contributed by atoms with Gasteiger partial charge in [0.25, 0.3) is 11.6 Å². The van der Waals surface area contributed by atoms with Crippen LogP contribution in [0.1, 0.15) is 15.9 Å². The fourth-order valence-corrected chi connectivity index (χ4v) is 4.20. The van der Waals surface area contributed by atoms with Crippen LogP contribution in [-0.4, -0.2) is 47.0 Å². The highest BCUT2D eigenvalue weighted by molar-refractivity contribution is 6.13. The number of halogens is 1. The Kier molecular flexibility index (Phi) is 6.66. The molecule has 3 aromatic carbocycles. The molecule has 4 aromatic rings. The smallest absolute Gasteiger partial charge is 0.269 e. The lowest BCUT2D eigenvalue weighted by Crippen LogP contribution is -2.35. The van der Waals surface area contributed by atoms with Crippen molar-refractivity contribution in [2.24, 2.45) is 0 Å². The zero-order chi connectivity index (χ0) is 25.1. The second-order valence-corrected chi connectivity index (χ2v) is 8.56. The largest absolute Gasteiger partial charge is 0.379 e. The summed E-state index contributed by atoms with van der Waals surface area (Å²) in [6.07, 6.45) is 0. The van der Waals surface area contributed by atoms with Crippen molar-refractivity contribution in [3.05, 3.63) is 99.9 Å². The first-order valence-electron chi connectivity index (χ1n) is 11.5. The summed E-state index contributed by atoms with van der Waals surface area (Å²) >= 11 is 0. The first-order valence-corrected chi connectivity index (χ1v) is 11.5. The van der Waals surface area contributed by atoms with Crippen molar-refractivity contribution in [1.29, 1.82) is 0 Å². The zero-order valence-corrected chi connectivity index (χ0v) is 19.3. The summed E-state index contributed by atoms with van der Waals surface area (Å²) in [5.41, 5.74) is 3.63. The fraction of sp³-hybridized carbons (Fsp3) is 0.185. The summed E-state index contributed by atoms with van der Waals surface area (Å²) in [7, 11) is 0. The summed E-state index contributed by atoms with van der Waals surface area (Å²) in [6, 6.07) is 19.3. The van der Waals surface area contributed by atoms with Crippen LogP contribution in [0.3, 0.4) is 0 Å². The number of aromatic nitrogens is 1. The minimum absolute atomic E-state index is 0.0798. The Bertz CT molecular complexity index is 1420. The topological polar surface area (TPSA) is 97.6 Å². The van der Waals surface area contributed by atoms with Crippen LogP contribution in [0.15, 0.2) is 72.8 Å². The molecule has 1 saturated heterocycles. The van der Waals surface area contributed by atoms with Crippen molar-refractivity contribution in [2.75, 3.05) is 31.6 Å². The molecule has 0 saturated carbocycles. The van der Waals surface area contributed by atoms with E-state index < -0.39 is 16.6 Å². The van der Waals surface area contributed by atoms with E-state index in [0.29, 0.717) is 22.3 Å². The third-order valence-electron chi connectivity index (χ3n) is 6.11. The van der Waals surface area contributed by atoms with Crippen LogP contribution in [0, 0.1) is 15.9 Å². The third-order valence-corrected chi connectivity index (χ3v) is 6.11. The number of hydrogen-bond acceptors (Lipinski definition) is 6. The number of amides is 1. The number of morpholine rings is 1. The molecule has 182 valence electrons. The molecule has 0 atom stereocenters. The lowest BCUT2D eigenvalue weighted by molar-refractivity contribution is -0.384. The molecule has 0 unspecified atom stereocenters. The molecule has 8 nitrogen and oxygen atoms in total. The number of rotatable bonds is 6. The molecular weight excluding hydrogens is 463 g/mol. The predicted molar refractivity (Wildman–Crippen MR) is 134 cm³/mol. The van der Waals surface area contributed by atoms with Gasteiger partial charge in [0.15, 0.2) is 0 Å². The second kappa shape index (κ2) is 10.2. The van der Waals surface area contributed by atoms with Crippen molar-refractivity contribution < 1.29 is 18.8 Å². The Hall–Kier alpha value is -4.21. The molecule has 1 aliphatic heterocycles. The molecule has 1 aliphatic rings. The number of nitrogens with one attached hydrogen (secondary N) is 1. The average Bonchev–Trinajstić information content (AvgIpc) is 2.89. The molecule has 5 rings (SSSR count). The maximum atomic E-state index is 14.1. The molecule has 1 N–H and O–H groups in total. The van der Waals surface area contributed by atoms with Gasteiger partial charge in [0.05, 0.1) is 34.9 Å². The number of nitro groups is 1. The number of ether oxygens (including phenoxy) is 1. The molecule has 1 aromatic heterocycles. The second-order valence-electron chi connectivity index (χ2n) is 8.56. The lowest BCUT2D eigenvalue weighted by Gasteiger charge is -2.26. The van der Waals surface area contributed by atoms with Crippen LogP contribution in [0.4, 0.5) is 15.8 Å². The van der Waals surface area contributed by atoms with E-state index in [0.717, 1.165) is 38.4 Å². The van der Waals surface area contributed by atoms with Crippen molar-refractivity contribution >= 4 is 28.2 Å². The summed E-state index contributed by atoms with van der Waals surface area (Å²) < 4.78 is 19.5. The standard InChI is InChI=1S/C27H23FN4O4/c28-20-5-10-25-23(15-20)24(27(33)29-21-6-8-22(9-7-21)32(34)35)16-26(30-25)19-3-1-18(2-4-19)17-31-11-13-36-14-12-31/h1-10,15-16H,11-14,17H2,(H,29,33). The summed E-state index contributed by atoms with van der Waals surface area (Å²) in [5.74, 6) is -0.944. The van der Waals surface area contributed by atoms with Crippen LogP contribution >= 0.6 is 0 Å². The van der Waals surface area contributed by atoms with Gasteiger partial charge in [0, 0.05) is 48.4 Å². The van der Waals surface area contributed by atoms with Crippen LogP contribution in [-0.2, 0) is 11.3 Å². The summed E-state index contributed by atoms with van der Waals surface area (Å²) in [5, 5.41) is 14.0. The highest BCUT2D eigenvalue weighted by Crippen LogP contribution is 2.27. The Balaban J connectivity index is 1.44. The minimum atomic E-state index is -0.511. The molecule has 36 heavy (non-hydrogen) atoms. The first-order chi connectivity index (χ1) is 17.5. The maximum Gasteiger partial charge on any atom is 0.269 e. The molecule has 0 spiro atoms. The van der Waals surface area contributed by atoms with Gasteiger partial charge in [-0.3, -0.25) is 19.8 Å². The number of pyridine rings is 1. The highest BCUT2D eigenvalue weighted by Gasteiger charge is 2.16. The van der Waals surface area contributed by atoms with Gasteiger partial charge in [-0.25, -0.2) is 9.37 Å². The van der Waals surface area contributed by atoms with Gasteiger partial charge in [-0.15, -0.1) is 0 Å². The first kappa shape index (κ1) is 23.5. The van der Waals surface area contributed by atoms with E-state index in [1.807, 2.05) is 24.3 Å². The number of nitro benzene ring substituents is 1. The van der Waals surface area contributed by atoms with Gasteiger partial charge in [0.2, 0.25) is 0 Å². The summed E-state index contributed by atoms with van der Waals surface area (Å²) in [6.45, 7) is 4.11. The molecule has 2 heterocycles. The van der Waals surface area contributed by atoms with Gasteiger partial charge in [-0.2, -0.15) is 0 Å². The number of non-ortho nitro benzene ring substituents is 1. The Morgan fingerprint density at radius 3 is 2.44 bits per heavy atom. The fourth-order valence-electron chi connectivity index (χ4n) is 4.20. The molecule has 1 fully saturated rings. The van der Waals surface area contributed by atoms with Gasteiger partial charge >= 0.3 is 0 Å². The predicted octanol–water partition coefficient (Wildman–Crippen LogP) is 5.03. The van der Waals surface area contributed by atoms with E-state index in [9.17, 15) is 19.3 Å². The molecule has 9 heteroatoms. The molecule has 0 aliphatic carbocycles. The molecular formula is C27H23FN4O4. The Morgan fingerprint density at radius 1 is 1.03 bits per heavy atom. The highest BCUT2D eigenvalue weighted by atomic mass is 19.1. The van der Waals surface area contributed by atoms with Gasteiger partial charge in [0.1, 0.15) is 5.82 Å². The van der Waals surface area contributed by atoms with Crippen LogP contribution in [0.5, 0.6) is 0 Å². The van der Waals surface area contributed by atoms with E-state index in [1.54, 1.807) is 12.1 Å². The number of hydrogen-bond donors (Lipinski definition) is 1. The average molecular weight is 487 g/mol. The van der Waals surface area contributed by atoms with E-state index in [2.05, 4.69) is 15.2 Å². The van der Waals surface area contributed by atoms with E-state index in [4.69, 9.17) is 4.74 Å². The normalized spacial score (nSPS) is 14.0. The Morgan fingerprint density at radius 2 is 1.75 bits per heavy atom. The number of benzene rings is 3. The summed E-state index contributed by atoms with van der Waals surface area (Å²) in [4.78, 5) is 30.6. The van der Waals surface area contributed by atoms with Crippen LogP contribution in [0.2, 0.25) is 0 Å². The van der Waals surface area contributed by atoms with E-state index in [1.165, 1.54) is 42.0 Å². The van der Waals surface area contributed by atoms with Crippen molar-refractivity contribution in [2.45, 2.75) is 6.54 Å². The maximum absolute atomic E-state index is 14.1. The number of carbonyl (C=O) groups is 1. The number of fused-ring (bicyclic) bond motifs is 1. The Labute approximate surface area is 206 Å². The molecule has 0 radical (unpaired) electrons. The van der Waals surface area contributed by atoms with E-state index >= 15 is 0 Å². The molecule has 0 bridgehead atoms. The quantitative estimate of drug-likeness (QED) is 0.303. The minimum Gasteiger partial charge on any atom is -0.379 e. The zero-order valence-electron chi connectivity index (χ0n) is 19.3. The molecule has 1 amide bonds. The van der Waals surface area contributed by atoms with Gasteiger partial charge in [-0.1, -0.05) is 24.3 Å². The van der Waals surface area contributed by atoms with Crippen LogP contribution in [0.25, 0.3) is 22.2 Å². The SMILES string of the molecule is O=C(Nc1ccc([N+](=O)[O-])cc1)c1cc(-c2ccc(CN3CCOCC3)cc2)nc2ccc(F)cc12.